The highest BCUT2D eigenvalue weighted by Gasteiger charge is 2.22. The molecule has 0 radical (unpaired) electrons. The number of benzene rings is 1. The van der Waals surface area contributed by atoms with Gasteiger partial charge in [-0.1, -0.05) is 19.9 Å². The van der Waals surface area contributed by atoms with E-state index in [1.165, 1.54) is 16.4 Å². The lowest BCUT2D eigenvalue weighted by Gasteiger charge is -2.18. The Hall–Kier alpha value is -3.08. The van der Waals surface area contributed by atoms with Gasteiger partial charge in [0.15, 0.2) is 5.65 Å². The Bertz CT molecular complexity index is 1370. The van der Waals surface area contributed by atoms with Crippen molar-refractivity contribution in [2.24, 2.45) is 0 Å². The van der Waals surface area contributed by atoms with E-state index < -0.39 is 10.0 Å². The molecule has 0 aliphatic heterocycles. The summed E-state index contributed by atoms with van der Waals surface area (Å²) >= 11 is 1.55. The number of fused-ring (bicyclic) bond motifs is 1. The third-order valence-electron chi connectivity index (χ3n) is 5.38. The van der Waals surface area contributed by atoms with Crippen LogP contribution in [0.2, 0.25) is 0 Å². The second kappa shape index (κ2) is 9.42. The summed E-state index contributed by atoms with van der Waals surface area (Å²) in [5.41, 5.74) is 2.32. The Morgan fingerprint density at radius 2 is 1.85 bits per heavy atom. The van der Waals surface area contributed by atoms with E-state index in [0.29, 0.717) is 47.6 Å². The van der Waals surface area contributed by atoms with Crippen LogP contribution in [0, 0.1) is 0 Å². The van der Waals surface area contributed by atoms with Gasteiger partial charge >= 0.3 is 0 Å². The van der Waals surface area contributed by atoms with E-state index in [-0.39, 0.29) is 10.8 Å². The summed E-state index contributed by atoms with van der Waals surface area (Å²) in [6, 6.07) is 11.9. The van der Waals surface area contributed by atoms with E-state index in [1.807, 2.05) is 24.4 Å². The van der Waals surface area contributed by atoms with Gasteiger partial charge in [0.1, 0.15) is 0 Å². The molecule has 3 heterocycles. The molecule has 0 aliphatic rings. The van der Waals surface area contributed by atoms with Crippen LogP contribution in [-0.2, 0) is 16.6 Å². The zero-order valence-corrected chi connectivity index (χ0v) is 20.3. The number of rotatable bonds is 8. The SMILES string of the molecule is CCN(CC)S(=O)(=O)c1ccc(NC(=O)c2cc(-c3cccs3)nc3c2cnn3CC)cc1. The molecule has 4 aromatic rings. The number of anilines is 1. The molecule has 0 saturated heterocycles. The minimum atomic E-state index is -3.56. The molecular formula is C23H25N5O3S2. The Morgan fingerprint density at radius 1 is 1.12 bits per heavy atom. The van der Waals surface area contributed by atoms with Gasteiger partial charge in [-0.3, -0.25) is 4.79 Å². The number of hydrogen-bond donors (Lipinski definition) is 1. The Kier molecular flexibility index (Phi) is 6.59. The van der Waals surface area contributed by atoms with E-state index in [9.17, 15) is 13.2 Å². The van der Waals surface area contributed by atoms with Crippen LogP contribution in [-0.4, -0.2) is 46.5 Å². The number of carbonyl (C=O) groups is 1. The lowest BCUT2D eigenvalue weighted by Crippen LogP contribution is -2.30. The minimum Gasteiger partial charge on any atom is -0.322 e. The Balaban J connectivity index is 1.66. The largest absolute Gasteiger partial charge is 0.322 e. The van der Waals surface area contributed by atoms with Crippen molar-refractivity contribution in [2.75, 3.05) is 18.4 Å². The fourth-order valence-electron chi connectivity index (χ4n) is 3.64. The predicted molar refractivity (Wildman–Crippen MR) is 131 cm³/mol. The third kappa shape index (κ3) is 4.41. The van der Waals surface area contributed by atoms with Crippen molar-refractivity contribution in [2.45, 2.75) is 32.2 Å². The summed E-state index contributed by atoms with van der Waals surface area (Å²) in [6.07, 6.45) is 1.65. The first-order chi connectivity index (χ1) is 15.9. The molecular weight excluding hydrogens is 458 g/mol. The summed E-state index contributed by atoms with van der Waals surface area (Å²) < 4.78 is 28.6. The molecule has 8 nitrogen and oxygen atoms in total. The van der Waals surface area contributed by atoms with Crippen molar-refractivity contribution in [3.63, 3.8) is 0 Å². The van der Waals surface area contributed by atoms with Crippen molar-refractivity contribution < 1.29 is 13.2 Å². The van der Waals surface area contributed by atoms with Gasteiger partial charge in [0, 0.05) is 25.3 Å². The first-order valence-corrected chi connectivity index (χ1v) is 13.0. The number of aryl methyl sites for hydroxylation is 1. The Labute approximate surface area is 196 Å². The number of pyridine rings is 1. The molecule has 0 fully saturated rings. The standard InChI is InChI=1S/C23H25N5O3S2/c1-4-27(5-2)33(30,31)17-11-9-16(10-12-17)25-23(29)18-14-20(21-8-7-13-32-21)26-22-19(18)15-24-28(22)6-3/h7-15H,4-6H2,1-3H3,(H,25,29). The van der Waals surface area contributed by atoms with Gasteiger partial charge in [-0.05, 0) is 48.7 Å². The molecule has 0 aliphatic carbocycles. The number of thiophene rings is 1. The third-order valence-corrected chi connectivity index (χ3v) is 8.34. The topological polar surface area (TPSA) is 97.2 Å². The number of nitrogens with zero attached hydrogens (tertiary/aromatic N) is 4. The zero-order chi connectivity index (χ0) is 23.6. The van der Waals surface area contributed by atoms with Gasteiger partial charge in [-0.25, -0.2) is 18.1 Å². The van der Waals surface area contributed by atoms with Crippen LogP contribution in [0.4, 0.5) is 5.69 Å². The molecule has 10 heteroatoms. The molecule has 0 atom stereocenters. The summed E-state index contributed by atoms with van der Waals surface area (Å²) in [4.78, 5) is 19.1. The van der Waals surface area contributed by atoms with Gasteiger partial charge in [-0.15, -0.1) is 11.3 Å². The normalized spacial score (nSPS) is 11.9. The molecule has 0 bridgehead atoms. The van der Waals surface area contributed by atoms with Gasteiger partial charge in [0.05, 0.1) is 32.6 Å². The quantitative estimate of drug-likeness (QED) is 0.399. The average Bonchev–Trinajstić information content (AvgIpc) is 3.49. The molecule has 4 rings (SSSR count). The number of sulfonamides is 1. The van der Waals surface area contributed by atoms with Crippen LogP contribution >= 0.6 is 11.3 Å². The van der Waals surface area contributed by atoms with Crippen LogP contribution in [0.15, 0.2) is 58.9 Å². The lowest BCUT2D eigenvalue weighted by atomic mass is 10.1. The summed E-state index contributed by atoms with van der Waals surface area (Å²) in [6.45, 7) is 7.00. The van der Waals surface area contributed by atoms with Crippen LogP contribution in [0.5, 0.6) is 0 Å². The minimum absolute atomic E-state index is 0.194. The van der Waals surface area contributed by atoms with Crippen LogP contribution in [0.3, 0.4) is 0 Å². The molecule has 1 aromatic carbocycles. The number of carbonyl (C=O) groups excluding carboxylic acids is 1. The van der Waals surface area contributed by atoms with Crippen LogP contribution in [0.1, 0.15) is 31.1 Å². The molecule has 0 saturated carbocycles. The summed E-state index contributed by atoms with van der Waals surface area (Å²) in [5.74, 6) is -0.310. The fourth-order valence-corrected chi connectivity index (χ4v) is 5.78. The van der Waals surface area contributed by atoms with Crippen molar-refractivity contribution in [1.29, 1.82) is 0 Å². The number of nitrogens with one attached hydrogen (secondary N) is 1. The predicted octanol–water partition coefficient (Wildman–Crippen LogP) is 4.46. The molecule has 172 valence electrons. The molecule has 1 amide bonds. The zero-order valence-electron chi connectivity index (χ0n) is 18.6. The first kappa shape index (κ1) is 23.1. The smallest absolute Gasteiger partial charge is 0.256 e. The lowest BCUT2D eigenvalue weighted by molar-refractivity contribution is 0.102. The molecule has 3 aromatic heterocycles. The summed E-state index contributed by atoms with van der Waals surface area (Å²) in [7, 11) is -3.56. The maximum Gasteiger partial charge on any atom is 0.256 e. The molecule has 0 unspecified atom stereocenters. The average molecular weight is 484 g/mol. The van der Waals surface area contributed by atoms with E-state index >= 15 is 0 Å². The van der Waals surface area contributed by atoms with Crippen molar-refractivity contribution in [1.82, 2.24) is 19.1 Å². The molecule has 33 heavy (non-hydrogen) atoms. The van der Waals surface area contributed by atoms with Crippen LogP contribution < -0.4 is 5.32 Å². The number of amides is 1. The Morgan fingerprint density at radius 3 is 2.45 bits per heavy atom. The van der Waals surface area contributed by atoms with E-state index in [2.05, 4.69) is 10.4 Å². The maximum atomic E-state index is 13.2. The monoisotopic (exact) mass is 483 g/mol. The summed E-state index contributed by atoms with van der Waals surface area (Å²) in [5, 5.41) is 9.87. The van der Waals surface area contributed by atoms with Crippen LogP contribution in [0.25, 0.3) is 21.6 Å². The highest BCUT2D eigenvalue weighted by molar-refractivity contribution is 7.89. The highest BCUT2D eigenvalue weighted by atomic mass is 32.2. The van der Waals surface area contributed by atoms with Gasteiger partial charge in [-0.2, -0.15) is 9.40 Å². The van der Waals surface area contributed by atoms with Gasteiger partial charge in [0.25, 0.3) is 5.91 Å². The number of aromatic nitrogens is 3. The van der Waals surface area contributed by atoms with Crippen molar-refractivity contribution in [3.05, 3.63) is 59.6 Å². The van der Waals surface area contributed by atoms with E-state index in [0.717, 1.165) is 4.88 Å². The van der Waals surface area contributed by atoms with E-state index in [1.54, 1.807) is 54.3 Å². The number of hydrogen-bond acceptors (Lipinski definition) is 6. The second-order valence-corrected chi connectivity index (χ2v) is 10.2. The fraction of sp³-hybridized carbons (Fsp3) is 0.261. The van der Waals surface area contributed by atoms with Crippen molar-refractivity contribution in [3.8, 4) is 10.6 Å². The molecule has 0 spiro atoms. The maximum absolute atomic E-state index is 13.2. The highest BCUT2D eigenvalue weighted by Crippen LogP contribution is 2.28. The van der Waals surface area contributed by atoms with Crippen molar-refractivity contribution >= 4 is 44.0 Å². The van der Waals surface area contributed by atoms with Gasteiger partial charge < -0.3 is 5.32 Å². The molecule has 1 N–H and O–H groups in total. The first-order valence-electron chi connectivity index (χ1n) is 10.7. The van der Waals surface area contributed by atoms with E-state index in [4.69, 9.17) is 4.98 Å². The van der Waals surface area contributed by atoms with Gasteiger partial charge in [0.2, 0.25) is 10.0 Å². The second-order valence-electron chi connectivity index (χ2n) is 7.30.